The highest BCUT2D eigenvalue weighted by molar-refractivity contribution is 9.10. The molecule has 1 unspecified atom stereocenters. The second kappa shape index (κ2) is 7.92. The average Bonchev–Trinajstić information content (AvgIpc) is 2.55. The van der Waals surface area contributed by atoms with E-state index in [1.54, 1.807) is 18.2 Å². The van der Waals surface area contributed by atoms with Crippen LogP contribution in [0.25, 0.3) is 0 Å². The Labute approximate surface area is 150 Å². The van der Waals surface area contributed by atoms with E-state index in [-0.39, 0.29) is 23.4 Å². The summed E-state index contributed by atoms with van der Waals surface area (Å²) in [6.45, 7) is 1.61. The van der Waals surface area contributed by atoms with Crippen LogP contribution in [-0.4, -0.2) is 32.2 Å². The Hall–Kier alpha value is -1.70. The lowest BCUT2D eigenvalue weighted by Crippen LogP contribution is -2.39. The van der Waals surface area contributed by atoms with Crippen LogP contribution in [0.5, 0.6) is 0 Å². The van der Waals surface area contributed by atoms with Crippen LogP contribution in [0.15, 0.2) is 64.0 Å². The first-order valence-corrected chi connectivity index (χ1v) is 9.61. The van der Waals surface area contributed by atoms with Gasteiger partial charge in [-0.25, -0.2) is 8.42 Å². The number of nitrogens with zero attached hydrogens (tertiary/aromatic N) is 1. The van der Waals surface area contributed by atoms with Gasteiger partial charge in [-0.15, -0.1) is 0 Å². The van der Waals surface area contributed by atoms with E-state index in [1.807, 2.05) is 31.2 Å². The molecule has 0 bridgehead atoms. The third-order valence-electron chi connectivity index (χ3n) is 3.57. The molecule has 24 heavy (non-hydrogen) atoms. The molecule has 1 atom stereocenters. The molecular formula is C17H19BrN2O3S. The quantitative estimate of drug-likeness (QED) is 0.795. The number of nitrogens with one attached hydrogen (secondary N) is 1. The van der Waals surface area contributed by atoms with E-state index in [1.165, 1.54) is 19.2 Å². The molecule has 1 amide bonds. The van der Waals surface area contributed by atoms with Gasteiger partial charge in [0.15, 0.2) is 0 Å². The van der Waals surface area contributed by atoms with Crippen molar-refractivity contribution in [3.8, 4) is 0 Å². The van der Waals surface area contributed by atoms with E-state index in [0.29, 0.717) is 0 Å². The van der Waals surface area contributed by atoms with E-state index in [4.69, 9.17) is 0 Å². The van der Waals surface area contributed by atoms with Gasteiger partial charge >= 0.3 is 0 Å². The van der Waals surface area contributed by atoms with E-state index in [2.05, 4.69) is 21.2 Å². The molecule has 0 saturated heterocycles. The molecule has 7 heteroatoms. The van der Waals surface area contributed by atoms with Crippen LogP contribution < -0.4 is 5.32 Å². The number of carbonyl (C=O) groups excluding carboxylic acids is 1. The predicted molar refractivity (Wildman–Crippen MR) is 97.0 cm³/mol. The molecule has 2 aromatic carbocycles. The fourth-order valence-electron chi connectivity index (χ4n) is 2.25. The molecule has 0 spiro atoms. The van der Waals surface area contributed by atoms with Gasteiger partial charge in [0.2, 0.25) is 15.9 Å². The number of halogens is 1. The SMILES string of the molecule is CC(NC(=O)CN(C)S(=O)(=O)c1ccccc1)c1ccccc1Br. The number of amides is 1. The molecule has 0 aliphatic rings. The summed E-state index contributed by atoms with van der Waals surface area (Å²) in [4.78, 5) is 12.4. The largest absolute Gasteiger partial charge is 0.348 e. The summed E-state index contributed by atoms with van der Waals surface area (Å²) >= 11 is 3.44. The van der Waals surface area contributed by atoms with Gasteiger partial charge in [-0.2, -0.15) is 4.31 Å². The lowest BCUT2D eigenvalue weighted by molar-refractivity contribution is -0.121. The van der Waals surface area contributed by atoms with Crippen molar-refractivity contribution in [2.75, 3.05) is 13.6 Å². The number of hydrogen-bond donors (Lipinski definition) is 1. The Bertz CT molecular complexity index is 810. The lowest BCUT2D eigenvalue weighted by atomic mass is 10.1. The summed E-state index contributed by atoms with van der Waals surface area (Å²) in [6, 6.07) is 15.4. The number of sulfonamides is 1. The van der Waals surface area contributed by atoms with Crippen molar-refractivity contribution in [2.24, 2.45) is 0 Å². The molecule has 0 aliphatic heterocycles. The maximum absolute atomic E-state index is 12.4. The Balaban J connectivity index is 2.03. The highest BCUT2D eigenvalue weighted by atomic mass is 79.9. The Morgan fingerprint density at radius 2 is 1.71 bits per heavy atom. The van der Waals surface area contributed by atoms with Gasteiger partial charge < -0.3 is 5.32 Å². The van der Waals surface area contributed by atoms with Gasteiger partial charge in [-0.3, -0.25) is 4.79 Å². The zero-order chi connectivity index (χ0) is 17.7. The van der Waals surface area contributed by atoms with Gasteiger partial charge in [0.1, 0.15) is 0 Å². The summed E-state index contributed by atoms with van der Waals surface area (Å²) in [6.07, 6.45) is 0. The van der Waals surface area contributed by atoms with Crippen LogP contribution in [0.4, 0.5) is 0 Å². The topological polar surface area (TPSA) is 66.5 Å². The van der Waals surface area contributed by atoms with E-state index >= 15 is 0 Å². The maximum Gasteiger partial charge on any atom is 0.243 e. The molecule has 0 radical (unpaired) electrons. The standard InChI is InChI=1S/C17H19BrN2O3S/c1-13(15-10-6-7-11-16(15)18)19-17(21)12-20(2)24(22,23)14-8-4-3-5-9-14/h3-11,13H,12H2,1-2H3,(H,19,21). The van der Waals surface area contributed by atoms with Gasteiger partial charge in [0.25, 0.3) is 0 Å². The minimum atomic E-state index is -3.68. The van der Waals surface area contributed by atoms with Crippen molar-refractivity contribution in [2.45, 2.75) is 17.9 Å². The molecule has 1 N–H and O–H groups in total. The zero-order valence-electron chi connectivity index (χ0n) is 13.4. The van der Waals surface area contributed by atoms with E-state index in [9.17, 15) is 13.2 Å². The molecule has 5 nitrogen and oxygen atoms in total. The molecule has 2 aromatic rings. The van der Waals surface area contributed by atoms with E-state index < -0.39 is 10.0 Å². The van der Waals surface area contributed by atoms with Crippen LogP contribution in [0.2, 0.25) is 0 Å². The Morgan fingerprint density at radius 1 is 1.12 bits per heavy atom. The fourth-order valence-corrected chi connectivity index (χ4v) is 4.03. The first kappa shape index (κ1) is 18.6. The first-order chi connectivity index (χ1) is 11.3. The molecule has 0 heterocycles. The summed E-state index contributed by atoms with van der Waals surface area (Å²) in [7, 11) is -2.29. The smallest absolute Gasteiger partial charge is 0.243 e. The number of hydrogen-bond acceptors (Lipinski definition) is 3. The van der Waals surface area contributed by atoms with Crippen molar-refractivity contribution in [1.29, 1.82) is 0 Å². The van der Waals surface area contributed by atoms with Crippen LogP contribution >= 0.6 is 15.9 Å². The molecule has 2 rings (SSSR count). The van der Waals surface area contributed by atoms with Gasteiger partial charge in [-0.05, 0) is 30.7 Å². The summed E-state index contributed by atoms with van der Waals surface area (Å²) < 4.78 is 26.8. The first-order valence-electron chi connectivity index (χ1n) is 7.37. The summed E-state index contributed by atoms with van der Waals surface area (Å²) in [5.74, 6) is -0.361. The Morgan fingerprint density at radius 3 is 2.33 bits per heavy atom. The van der Waals surface area contributed by atoms with Crippen molar-refractivity contribution >= 4 is 31.9 Å². The fraction of sp³-hybridized carbons (Fsp3) is 0.235. The van der Waals surface area contributed by atoms with Crippen molar-refractivity contribution < 1.29 is 13.2 Å². The minimum absolute atomic E-state index is 0.166. The average molecular weight is 411 g/mol. The number of rotatable bonds is 6. The number of likely N-dealkylation sites (N-methyl/N-ethyl adjacent to an activating group) is 1. The van der Waals surface area contributed by atoms with Crippen LogP contribution in [0.3, 0.4) is 0 Å². The third kappa shape index (κ3) is 4.43. The monoisotopic (exact) mass is 410 g/mol. The molecular weight excluding hydrogens is 392 g/mol. The number of benzene rings is 2. The van der Waals surface area contributed by atoms with Crippen molar-refractivity contribution in [3.63, 3.8) is 0 Å². The number of carbonyl (C=O) groups is 1. The van der Waals surface area contributed by atoms with Crippen LogP contribution in [0, 0.1) is 0 Å². The predicted octanol–water partition coefficient (Wildman–Crippen LogP) is 2.95. The normalized spacial score (nSPS) is 12.8. The summed E-state index contributed by atoms with van der Waals surface area (Å²) in [5, 5.41) is 2.82. The van der Waals surface area contributed by atoms with Crippen LogP contribution in [0.1, 0.15) is 18.5 Å². The lowest BCUT2D eigenvalue weighted by Gasteiger charge is -2.20. The zero-order valence-corrected chi connectivity index (χ0v) is 15.8. The van der Waals surface area contributed by atoms with E-state index in [0.717, 1.165) is 14.3 Å². The summed E-state index contributed by atoms with van der Waals surface area (Å²) in [5.41, 5.74) is 0.930. The highest BCUT2D eigenvalue weighted by Gasteiger charge is 2.23. The maximum atomic E-state index is 12.4. The minimum Gasteiger partial charge on any atom is -0.348 e. The highest BCUT2D eigenvalue weighted by Crippen LogP contribution is 2.22. The molecule has 0 fully saturated rings. The second-order valence-corrected chi connectivity index (χ2v) is 8.28. The Kier molecular flexibility index (Phi) is 6.15. The van der Waals surface area contributed by atoms with Crippen molar-refractivity contribution in [1.82, 2.24) is 9.62 Å². The second-order valence-electron chi connectivity index (χ2n) is 5.38. The third-order valence-corrected chi connectivity index (χ3v) is 6.11. The van der Waals surface area contributed by atoms with Gasteiger partial charge in [-0.1, -0.05) is 52.3 Å². The molecule has 0 aromatic heterocycles. The molecule has 0 saturated carbocycles. The van der Waals surface area contributed by atoms with Gasteiger partial charge in [0, 0.05) is 11.5 Å². The van der Waals surface area contributed by atoms with Crippen LogP contribution in [-0.2, 0) is 14.8 Å². The van der Waals surface area contributed by atoms with Crippen molar-refractivity contribution in [3.05, 3.63) is 64.6 Å². The molecule has 0 aliphatic carbocycles. The molecule has 128 valence electrons. The van der Waals surface area contributed by atoms with Gasteiger partial charge in [0.05, 0.1) is 17.5 Å².